The minimum absolute atomic E-state index is 0.642. The lowest BCUT2D eigenvalue weighted by atomic mass is 10.4. The largest absolute Gasteiger partial charge is 0.248 e. The first-order valence-electron chi connectivity index (χ1n) is 2.62. The third-order valence-corrected chi connectivity index (χ3v) is 2.31. The van der Waals surface area contributed by atoms with Crippen LogP contribution in [0, 0.1) is 0 Å². The minimum atomic E-state index is -1.36. The third kappa shape index (κ3) is 1.90. The van der Waals surface area contributed by atoms with Gasteiger partial charge in [-0.05, 0) is 24.3 Å². The van der Waals surface area contributed by atoms with E-state index in [2.05, 4.69) is 15.9 Å². The predicted octanol–water partition coefficient (Wildman–Crippen LogP) is 1.43. The van der Waals surface area contributed by atoms with Gasteiger partial charge in [0.1, 0.15) is 11.0 Å². The molecule has 0 aliphatic carbocycles. The Morgan fingerprint density at radius 3 is 2.20 bits per heavy atom. The van der Waals surface area contributed by atoms with Crippen molar-refractivity contribution in [2.75, 3.05) is 0 Å². The van der Waals surface area contributed by atoms with E-state index in [1.54, 1.807) is 24.3 Å². The molecule has 0 radical (unpaired) electrons. The van der Waals surface area contributed by atoms with Gasteiger partial charge >= 0.3 is 0 Å². The molecule has 0 fully saturated rings. The molecular formula is C6H6BrNOS. The second-order valence-corrected chi connectivity index (χ2v) is 3.73. The lowest BCUT2D eigenvalue weighted by Crippen LogP contribution is -2.01. The van der Waals surface area contributed by atoms with Crippen LogP contribution in [0.15, 0.2) is 33.6 Å². The van der Waals surface area contributed by atoms with Crippen LogP contribution in [-0.4, -0.2) is 4.21 Å². The van der Waals surface area contributed by atoms with Gasteiger partial charge < -0.3 is 0 Å². The molecule has 1 rings (SSSR count). The summed E-state index contributed by atoms with van der Waals surface area (Å²) in [4.78, 5) is 0.642. The second-order valence-electron chi connectivity index (χ2n) is 1.75. The van der Waals surface area contributed by atoms with E-state index in [4.69, 9.17) is 5.14 Å². The molecule has 1 aromatic rings. The quantitative estimate of drug-likeness (QED) is 0.764. The summed E-state index contributed by atoms with van der Waals surface area (Å²) in [6.45, 7) is 0. The molecule has 0 spiro atoms. The van der Waals surface area contributed by atoms with Gasteiger partial charge in [-0.3, -0.25) is 0 Å². The van der Waals surface area contributed by atoms with Crippen LogP contribution in [0.4, 0.5) is 0 Å². The summed E-state index contributed by atoms with van der Waals surface area (Å²) in [6, 6.07) is 7.06. The standard InChI is InChI=1S/C6H6BrNOS/c7-5-1-3-6(4-2-5)10(8)9/h1-4H,8H2/t10-/m0/s1. The van der Waals surface area contributed by atoms with Crippen molar-refractivity contribution in [2.24, 2.45) is 5.14 Å². The molecule has 0 aromatic heterocycles. The monoisotopic (exact) mass is 219 g/mol. The first kappa shape index (κ1) is 7.91. The molecule has 0 aliphatic heterocycles. The van der Waals surface area contributed by atoms with Gasteiger partial charge in [-0.2, -0.15) is 0 Å². The average Bonchev–Trinajstić information content (AvgIpc) is 1.88. The van der Waals surface area contributed by atoms with Gasteiger partial charge in [0.05, 0.1) is 4.90 Å². The van der Waals surface area contributed by atoms with Gasteiger partial charge in [0.25, 0.3) is 0 Å². The minimum Gasteiger partial charge on any atom is -0.248 e. The lowest BCUT2D eigenvalue weighted by Gasteiger charge is -1.93. The SMILES string of the molecule is N[S@@](=O)c1ccc(Br)cc1. The Hall–Kier alpha value is -0.190. The first-order valence-corrected chi connectivity index (χ1v) is 4.62. The lowest BCUT2D eigenvalue weighted by molar-refractivity contribution is 0.684. The van der Waals surface area contributed by atoms with E-state index >= 15 is 0 Å². The van der Waals surface area contributed by atoms with Gasteiger partial charge in [-0.1, -0.05) is 15.9 Å². The summed E-state index contributed by atoms with van der Waals surface area (Å²) in [5, 5.41) is 5.12. The molecule has 4 heteroatoms. The first-order chi connectivity index (χ1) is 4.70. The van der Waals surface area contributed by atoms with Crippen molar-refractivity contribution < 1.29 is 4.21 Å². The highest BCUT2D eigenvalue weighted by atomic mass is 79.9. The smallest absolute Gasteiger partial charge is 0.122 e. The summed E-state index contributed by atoms with van der Waals surface area (Å²) in [6.07, 6.45) is 0. The van der Waals surface area contributed by atoms with Crippen molar-refractivity contribution >= 4 is 26.9 Å². The van der Waals surface area contributed by atoms with E-state index in [0.717, 1.165) is 4.47 Å². The zero-order valence-electron chi connectivity index (χ0n) is 5.08. The molecular weight excluding hydrogens is 214 g/mol. The number of rotatable bonds is 1. The van der Waals surface area contributed by atoms with Crippen LogP contribution in [0.5, 0.6) is 0 Å². The Balaban J connectivity index is 3.00. The average molecular weight is 220 g/mol. The fraction of sp³-hybridized carbons (Fsp3) is 0. The molecule has 0 saturated heterocycles. The fourth-order valence-corrected chi connectivity index (χ4v) is 1.24. The molecule has 1 aromatic carbocycles. The molecule has 10 heavy (non-hydrogen) atoms. The van der Waals surface area contributed by atoms with Gasteiger partial charge in [-0.25, -0.2) is 9.35 Å². The number of hydrogen-bond acceptors (Lipinski definition) is 1. The van der Waals surface area contributed by atoms with Crippen LogP contribution in [-0.2, 0) is 11.0 Å². The number of nitrogens with two attached hydrogens (primary N) is 1. The summed E-state index contributed by atoms with van der Waals surface area (Å²) in [7, 11) is -1.36. The van der Waals surface area contributed by atoms with Gasteiger partial charge in [0, 0.05) is 4.47 Å². The Morgan fingerprint density at radius 2 is 1.80 bits per heavy atom. The van der Waals surface area contributed by atoms with Crippen molar-refractivity contribution in [2.45, 2.75) is 4.90 Å². The van der Waals surface area contributed by atoms with Crippen molar-refractivity contribution in [3.8, 4) is 0 Å². The molecule has 0 aliphatic rings. The van der Waals surface area contributed by atoms with Crippen molar-refractivity contribution in [3.63, 3.8) is 0 Å². The van der Waals surface area contributed by atoms with Crippen LogP contribution in [0.3, 0.4) is 0 Å². The molecule has 0 saturated carbocycles. The highest BCUT2D eigenvalue weighted by molar-refractivity contribution is 9.10. The number of hydrogen-bond donors (Lipinski definition) is 1. The normalized spacial score (nSPS) is 13.0. The summed E-state index contributed by atoms with van der Waals surface area (Å²) in [5.41, 5.74) is 0. The van der Waals surface area contributed by atoms with Crippen molar-refractivity contribution in [1.82, 2.24) is 0 Å². The van der Waals surface area contributed by atoms with E-state index < -0.39 is 11.0 Å². The Bertz CT molecular complexity index is 246. The van der Waals surface area contributed by atoms with Crippen LogP contribution in [0.2, 0.25) is 0 Å². The molecule has 0 unspecified atom stereocenters. The zero-order chi connectivity index (χ0) is 7.56. The van der Waals surface area contributed by atoms with Gasteiger partial charge in [-0.15, -0.1) is 0 Å². The number of benzene rings is 1. The van der Waals surface area contributed by atoms with Crippen LogP contribution in [0.1, 0.15) is 0 Å². The molecule has 54 valence electrons. The van der Waals surface area contributed by atoms with Crippen LogP contribution in [0.25, 0.3) is 0 Å². The molecule has 2 N–H and O–H groups in total. The Kier molecular flexibility index (Phi) is 2.59. The topological polar surface area (TPSA) is 43.1 Å². The Morgan fingerprint density at radius 1 is 1.30 bits per heavy atom. The van der Waals surface area contributed by atoms with Gasteiger partial charge in [0.15, 0.2) is 0 Å². The third-order valence-electron chi connectivity index (χ3n) is 1.05. The molecule has 0 bridgehead atoms. The maximum atomic E-state index is 10.6. The molecule has 0 heterocycles. The van der Waals surface area contributed by atoms with E-state index in [1.807, 2.05) is 0 Å². The maximum absolute atomic E-state index is 10.6. The molecule has 0 amide bonds. The Labute approximate surface area is 70.1 Å². The highest BCUT2D eigenvalue weighted by Gasteiger charge is 1.94. The highest BCUT2D eigenvalue weighted by Crippen LogP contribution is 2.11. The van der Waals surface area contributed by atoms with Gasteiger partial charge in [0.2, 0.25) is 0 Å². The van der Waals surface area contributed by atoms with Crippen LogP contribution >= 0.6 is 15.9 Å². The van der Waals surface area contributed by atoms with Crippen molar-refractivity contribution in [3.05, 3.63) is 28.7 Å². The summed E-state index contributed by atoms with van der Waals surface area (Å²) < 4.78 is 11.6. The van der Waals surface area contributed by atoms with Crippen molar-refractivity contribution in [1.29, 1.82) is 0 Å². The fourth-order valence-electron chi connectivity index (χ4n) is 0.569. The predicted molar refractivity (Wildman–Crippen MR) is 44.7 cm³/mol. The van der Waals surface area contributed by atoms with E-state index in [0.29, 0.717) is 4.90 Å². The van der Waals surface area contributed by atoms with Crippen LogP contribution < -0.4 is 5.14 Å². The maximum Gasteiger partial charge on any atom is 0.122 e. The van der Waals surface area contributed by atoms with E-state index in [9.17, 15) is 4.21 Å². The molecule has 1 atom stereocenters. The summed E-state index contributed by atoms with van der Waals surface area (Å²) in [5.74, 6) is 0. The zero-order valence-corrected chi connectivity index (χ0v) is 7.48. The molecule has 2 nitrogen and oxygen atoms in total. The van der Waals surface area contributed by atoms with E-state index in [-0.39, 0.29) is 0 Å². The van der Waals surface area contributed by atoms with E-state index in [1.165, 1.54) is 0 Å². The summed E-state index contributed by atoms with van der Waals surface area (Å²) >= 11 is 3.25. The second kappa shape index (κ2) is 3.27. The number of halogens is 1.